The lowest BCUT2D eigenvalue weighted by Crippen LogP contribution is -2.09. The fourth-order valence-electron chi connectivity index (χ4n) is 1.30. The quantitative estimate of drug-likeness (QED) is 0.592. The van der Waals surface area contributed by atoms with Crippen molar-refractivity contribution in [2.75, 3.05) is 11.9 Å². The standard InChI is InChI=1S/C12H12FNO2/c1-2-3-4-8-14-10-7-5-6-9(13)11(10)12(15)16/h1,5-7,14H,3-4,8H2,(H,15,16). The van der Waals surface area contributed by atoms with Crippen molar-refractivity contribution in [2.45, 2.75) is 12.8 Å². The van der Waals surface area contributed by atoms with E-state index in [9.17, 15) is 9.18 Å². The fourth-order valence-corrected chi connectivity index (χ4v) is 1.30. The van der Waals surface area contributed by atoms with Crippen LogP contribution < -0.4 is 5.32 Å². The summed E-state index contributed by atoms with van der Waals surface area (Å²) >= 11 is 0. The van der Waals surface area contributed by atoms with E-state index in [1.54, 1.807) is 0 Å². The van der Waals surface area contributed by atoms with Crippen LogP contribution in [0.2, 0.25) is 0 Å². The van der Waals surface area contributed by atoms with Crippen molar-refractivity contribution in [3.8, 4) is 12.3 Å². The average molecular weight is 221 g/mol. The second-order valence-electron chi connectivity index (χ2n) is 3.20. The van der Waals surface area contributed by atoms with Crippen molar-refractivity contribution in [3.05, 3.63) is 29.6 Å². The zero-order chi connectivity index (χ0) is 12.0. The van der Waals surface area contributed by atoms with Gasteiger partial charge < -0.3 is 10.4 Å². The highest BCUT2D eigenvalue weighted by molar-refractivity contribution is 5.94. The van der Waals surface area contributed by atoms with E-state index in [0.29, 0.717) is 19.4 Å². The molecule has 0 aromatic heterocycles. The number of carboxylic acid groups (broad SMARTS) is 1. The van der Waals surface area contributed by atoms with Gasteiger partial charge in [-0.1, -0.05) is 6.07 Å². The van der Waals surface area contributed by atoms with Gasteiger partial charge in [0.1, 0.15) is 11.4 Å². The lowest BCUT2D eigenvalue weighted by atomic mass is 10.1. The zero-order valence-corrected chi connectivity index (χ0v) is 8.66. The van der Waals surface area contributed by atoms with Gasteiger partial charge in [-0.2, -0.15) is 0 Å². The summed E-state index contributed by atoms with van der Waals surface area (Å²) in [6.45, 7) is 0.522. The maximum Gasteiger partial charge on any atom is 0.340 e. The van der Waals surface area contributed by atoms with Crippen molar-refractivity contribution >= 4 is 11.7 Å². The molecule has 2 N–H and O–H groups in total. The molecule has 1 rings (SSSR count). The van der Waals surface area contributed by atoms with Crippen LogP contribution in [0.5, 0.6) is 0 Å². The summed E-state index contributed by atoms with van der Waals surface area (Å²) in [6, 6.07) is 4.11. The molecule has 0 atom stereocenters. The first-order valence-electron chi connectivity index (χ1n) is 4.86. The number of terminal acetylenes is 1. The lowest BCUT2D eigenvalue weighted by Gasteiger charge is -2.09. The van der Waals surface area contributed by atoms with Crippen molar-refractivity contribution in [3.63, 3.8) is 0 Å². The van der Waals surface area contributed by atoms with E-state index in [2.05, 4.69) is 11.2 Å². The highest BCUT2D eigenvalue weighted by Crippen LogP contribution is 2.18. The highest BCUT2D eigenvalue weighted by atomic mass is 19.1. The lowest BCUT2D eigenvalue weighted by molar-refractivity contribution is 0.0693. The predicted octanol–water partition coefficient (Wildman–Crippen LogP) is 2.35. The molecular formula is C12H12FNO2. The molecule has 0 bridgehead atoms. The predicted molar refractivity (Wildman–Crippen MR) is 59.9 cm³/mol. The van der Waals surface area contributed by atoms with Crippen LogP contribution in [0.25, 0.3) is 0 Å². The number of rotatable bonds is 5. The molecule has 1 aromatic carbocycles. The minimum atomic E-state index is -1.28. The SMILES string of the molecule is C#CCCCNc1cccc(F)c1C(=O)O. The number of halogens is 1. The Morgan fingerprint density at radius 3 is 2.94 bits per heavy atom. The molecule has 0 saturated heterocycles. The van der Waals surface area contributed by atoms with Crippen molar-refractivity contribution in [1.82, 2.24) is 0 Å². The maximum absolute atomic E-state index is 13.2. The van der Waals surface area contributed by atoms with E-state index in [1.165, 1.54) is 12.1 Å². The van der Waals surface area contributed by atoms with Crippen LogP contribution in [0.15, 0.2) is 18.2 Å². The number of hydrogen-bond donors (Lipinski definition) is 2. The summed E-state index contributed by atoms with van der Waals surface area (Å²) in [4.78, 5) is 10.8. The number of hydrogen-bond acceptors (Lipinski definition) is 2. The second-order valence-corrected chi connectivity index (χ2v) is 3.20. The molecule has 0 unspecified atom stereocenters. The van der Waals surface area contributed by atoms with Crippen LogP contribution >= 0.6 is 0 Å². The van der Waals surface area contributed by atoms with Gasteiger partial charge >= 0.3 is 5.97 Å². The van der Waals surface area contributed by atoms with Gasteiger partial charge in [0.25, 0.3) is 0 Å². The normalized spacial score (nSPS) is 9.50. The topological polar surface area (TPSA) is 49.3 Å². The number of benzene rings is 1. The van der Waals surface area contributed by atoms with Gasteiger partial charge in [0.05, 0.1) is 5.69 Å². The van der Waals surface area contributed by atoms with E-state index in [-0.39, 0.29) is 11.3 Å². The number of carbonyl (C=O) groups is 1. The minimum Gasteiger partial charge on any atom is -0.478 e. The zero-order valence-electron chi connectivity index (χ0n) is 8.66. The molecule has 84 valence electrons. The number of carboxylic acids is 1. The number of aromatic carboxylic acids is 1. The Labute approximate surface area is 93.3 Å². The Hall–Kier alpha value is -2.02. The molecule has 1 aromatic rings. The first-order valence-corrected chi connectivity index (χ1v) is 4.86. The minimum absolute atomic E-state index is 0.282. The molecule has 0 aliphatic carbocycles. The van der Waals surface area contributed by atoms with Crippen molar-refractivity contribution in [1.29, 1.82) is 0 Å². The van der Waals surface area contributed by atoms with E-state index >= 15 is 0 Å². The molecule has 4 heteroatoms. The van der Waals surface area contributed by atoms with Gasteiger partial charge in [-0.25, -0.2) is 9.18 Å². The van der Waals surface area contributed by atoms with E-state index in [4.69, 9.17) is 11.5 Å². The molecule has 0 amide bonds. The largest absolute Gasteiger partial charge is 0.478 e. The third-order valence-electron chi connectivity index (χ3n) is 2.04. The molecular weight excluding hydrogens is 209 g/mol. The van der Waals surface area contributed by atoms with Gasteiger partial charge in [0.2, 0.25) is 0 Å². The van der Waals surface area contributed by atoms with Gasteiger partial charge in [-0.05, 0) is 18.6 Å². The number of anilines is 1. The molecule has 0 fully saturated rings. The van der Waals surface area contributed by atoms with Crippen molar-refractivity contribution < 1.29 is 14.3 Å². The Bertz CT molecular complexity index is 424. The Kier molecular flexibility index (Phi) is 4.34. The van der Waals surface area contributed by atoms with Crippen molar-refractivity contribution in [2.24, 2.45) is 0 Å². The fraction of sp³-hybridized carbons (Fsp3) is 0.250. The Morgan fingerprint density at radius 2 is 2.31 bits per heavy atom. The van der Waals surface area contributed by atoms with Gasteiger partial charge in [0, 0.05) is 13.0 Å². The average Bonchev–Trinajstić information content (AvgIpc) is 2.24. The molecule has 3 nitrogen and oxygen atoms in total. The van der Waals surface area contributed by atoms with Gasteiger partial charge in [0.15, 0.2) is 0 Å². The van der Waals surface area contributed by atoms with Gasteiger partial charge in [-0.15, -0.1) is 12.3 Å². The summed E-state index contributed by atoms with van der Waals surface area (Å²) < 4.78 is 13.2. The molecule has 0 heterocycles. The van der Waals surface area contributed by atoms with Crippen LogP contribution in [0.4, 0.5) is 10.1 Å². The first-order chi connectivity index (χ1) is 7.66. The molecule has 0 spiro atoms. The molecule has 16 heavy (non-hydrogen) atoms. The Balaban J connectivity index is 2.76. The summed E-state index contributed by atoms with van der Waals surface area (Å²) in [7, 11) is 0. The maximum atomic E-state index is 13.2. The second kappa shape index (κ2) is 5.76. The summed E-state index contributed by atoms with van der Waals surface area (Å²) in [6.07, 6.45) is 6.39. The van der Waals surface area contributed by atoms with E-state index in [0.717, 1.165) is 6.07 Å². The number of unbranched alkanes of at least 4 members (excludes halogenated alkanes) is 1. The Morgan fingerprint density at radius 1 is 1.56 bits per heavy atom. The summed E-state index contributed by atoms with van der Waals surface area (Å²) in [5, 5.41) is 11.7. The molecule has 0 aliphatic rings. The van der Waals surface area contributed by atoms with Crippen LogP contribution in [0.1, 0.15) is 23.2 Å². The van der Waals surface area contributed by atoms with Gasteiger partial charge in [-0.3, -0.25) is 0 Å². The molecule has 0 radical (unpaired) electrons. The van der Waals surface area contributed by atoms with E-state index in [1.807, 2.05) is 0 Å². The molecule has 0 saturated carbocycles. The summed E-state index contributed by atoms with van der Waals surface area (Å²) in [5.74, 6) is 0.451. The summed E-state index contributed by atoms with van der Waals surface area (Å²) in [5.41, 5.74) is -0.0484. The smallest absolute Gasteiger partial charge is 0.340 e. The van der Waals surface area contributed by atoms with Crippen LogP contribution in [0.3, 0.4) is 0 Å². The number of nitrogens with one attached hydrogen (secondary N) is 1. The third-order valence-corrected chi connectivity index (χ3v) is 2.04. The third kappa shape index (κ3) is 2.99. The highest BCUT2D eigenvalue weighted by Gasteiger charge is 2.14. The first kappa shape index (κ1) is 12.1. The molecule has 0 aliphatic heterocycles. The monoisotopic (exact) mass is 221 g/mol. The van der Waals surface area contributed by atoms with Crippen LogP contribution in [0, 0.1) is 18.2 Å². The van der Waals surface area contributed by atoms with E-state index < -0.39 is 11.8 Å². The van der Waals surface area contributed by atoms with Crippen LogP contribution in [-0.4, -0.2) is 17.6 Å². The van der Waals surface area contributed by atoms with Crippen LogP contribution in [-0.2, 0) is 0 Å².